The van der Waals surface area contributed by atoms with Crippen LogP contribution in [0.15, 0.2) is 22.7 Å². The van der Waals surface area contributed by atoms with E-state index in [0.717, 1.165) is 32.5 Å². The van der Waals surface area contributed by atoms with Gasteiger partial charge in [0.05, 0.1) is 5.56 Å². The Morgan fingerprint density at radius 3 is 2.90 bits per heavy atom. The van der Waals surface area contributed by atoms with Gasteiger partial charge in [-0.05, 0) is 56.3 Å². The molecule has 21 heavy (non-hydrogen) atoms. The average molecular weight is 355 g/mol. The SMILES string of the molecule is O=C(c1ccc(Br)cc1F)N1CCCC(C2CCCN2)C1. The van der Waals surface area contributed by atoms with Crippen molar-refractivity contribution in [1.29, 1.82) is 0 Å². The second-order valence-corrected chi connectivity index (χ2v) is 6.90. The second-order valence-electron chi connectivity index (χ2n) is 5.98. The van der Waals surface area contributed by atoms with Gasteiger partial charge in [0, 0.05) is 23.6 Å². The number of carbonyl (C=O) groups excluding carboxylic acids is 1. The Labute approximate surface area is 133 Å². The summed E-state index contributed by atoms with van der Waals surface area (Å²) in [5.41, 5.74) is 0.179. The summed E-state index contributed by atoms with van der Waals surface area (Å²) in [6, 6.07) is 5.16. The van der Waals surface area contributed by atoms with Gasteiger partial charge in [0.25, 0.3) is 5.91 Å². The molecule has 2 atom stereocenters. The van der Waals surface area contributed by atoms with Crippen molar-refractivity contribution in [2.75, 3.05) is 19.6 Å². The molecule has 2 aliphatic heterocycles. The van der Waals surface area contributed by atoms with Crippen LogP contribution in [-0.4, -0.2) is 36.5 Å². The van der Waals surface area contributed by atoms with Crippen molar-refractivity contribution in [2.45, 2.75) is 31.7 Å². The van der Waals surface area contributed by atoms with E-state index in [1.54, 1.807) is 12.1 Å². The fourth-order valence-corrected chi connectivity index (χ4v) is 3.80. The molecular formula is C16H20BrFN2O. The Morgan fingerprint density at radius 2 is 2.19 bits per heavy atom. The molecule has 2 saturated heterocycles. The Bertz CT molecular complexity index is 531. The Kier molecular flexibility index (Phi) is 4.60. The van der Waals surface area contributed by atoms with E-state index in [-0.39, 0.29) is 11.5 Å². The number of carbonyl (C=O) groups is 1. The summed E-state index contributed by atoms with van der Waals surface area (Å²) in [6.45, 7) is 2.56. The monoisotopic (exact) mass is 354 g/mol. The van der Waals surface area contributed by atoms with E-state index in [0.29, 0.717) is 16.4 Å². The lowest BCUT2D eigenvalue weighted by Gasteiger charge is -2.36. The van der Waals surface area contributed by atoms with E-state index in [1.165, 1.54) is 18.9 Å². The number of likely N-dealkylation sites (tertiary alicyclic amines) is 1. The Balaban J connectivity index is 1.71. The number of nitrogens with zero attached hydrogens (tertiary/aromatic N) is 1. The van der Waals surface area contributed by atoms with Crippen LogP contribution < -0.4 is 5.32 Å². The summed E-state index contributed by atoms with van der Waals surface area (Å²) in [5.74, 6) is -0.123. The maximum Gasteiger partial charge on any atom is 0.256 e. The van der Waals surface area contributed by atoms with Gasteiger partial charge in [0.2, 0.25) is 0 Å². The maximum atomic E-state index is 14.0. The highest BCUT2D eigenvalue weighted by atomic mass is 79.9. The molecule has 0 bridgehead atoms. The molecule has 1 N–H and O–H groups in total. The third-order valence-corrected chi connectivity index (χ3v) is 5.07. The normalized spacial score (nSPS) is 26.1. The second kappa shape index (κ2) is 6.44. The predicted molar refractivity (Wildman–Crippen MR) is 83.8 cm³/mol. The Morgan fingerprint density at radius 1 is 1.33 bits per heavy atom. The van der Waals surface area contributed by atoms with Gasteiger partial charge in [0.1, 0.15) is 5.82 Å². The van der Waals surface area contributed by atoms with Crippen LogP contribution in [0.4, 0.5) is 4.39 Å². The van der Waals surface area contributed by atoms with E-state index < -0.39 is 5.82 Å². The molecule has 2 heterocycles. The lowest BCUT2D eigenvalue weighted by Crippen LogP contribution is -2.46. The molecule has 0 saturated carbocycles. The average Bonchev–Trinajstić information content (AvgIpc) is 3.01. The third kappa shape index (κ3) is 3.29. The van der Waals surface area contributed by atoms with Crippen molar-refractivity contribution in [3.63, 3.8) is 0 Å². The van der Waals surface area contributed by atoms with Crippen LogP contribution in [0.1, 0.15) is 36.0 Å². The van der Waals surface area contributed by atoms with E-state index >= 15 is 0 Å². The van der Waals surface area contributed by atoms with Crippen molar-refractivity contribution in [1.82, 2.24) is 10.2 Å². The zero-order valence-electron chi connectivity index (χ0n) is 11.9. The van der Waals surface area contributed by atoms with Crippen LogP contribution in [0.25, 0.3) is 0 Å². The van der Waals surface area contributed by atoms with Crippen LogP contribution in [0.5, 0.6) is 0 Å². The summed E-state index contributed by atoms with van der Waals surface area (Å²) in [7, 11) is 0. The molecule has 1 aromatic rings. The summed E-state index contributed by atoms with van der Waals surface area (Å²) >= 11 is 3.22. The molecule has 3 rings (SSSR count). The van der Waals surface area contributed by atoms with E-state index in [2.05, 4.69) is 21.2 Å². The van der Waals surface area contributed by atoms with E-state index in [1.807, 2.05) is 4.90 Å². The first-order valence-electron chi connectivity index (χ1n) is 7.63. The summed E-state index contributed by atoms with van der Waals surface area (Å²) in [5, 5.41) is 3.53. The van der Waals surface area contributed by atoms with Gasteiger partial charge in [-0.1, -0.05) is 15.9 Å². The minimum atomic E-state index is -0.449. The molecule has 2 fully saturated rings. The number of hydrogen-bond donors (Lipinski definition) is 1. The number of hydrogen-bond acceptors (Lipinski definition) is 2. The highest BCUT2D eigenvalue weighted by Gasteiger charge is 2.31. The van der Waals surface area contributed by atoms with Crippen molar-refractivity contribution in [3.05, 3.63) is 34.1 Å². The molecular weight excluding hydrogens is 335 g/mol. The number of rotatable bonds is 2. The fourth-order valence-electron chi connectivity index (χ4n) is 3.47. The number of piperidine rings is 1. The topological polar surface area (TPSA) is 32.3 Å². The van der Waals surface area contributed by atoms with Crippen molar-refractivity contribution in [3.8, 4) is 0 Å². The quantitative estimate of drug-likeness (QED) is 0.884. The summed E-state index contributed by atoms with van der Waals surface area (Å²) in [6.07, 6.45) is 4.58. The first-order valence-corrected chi connectivity index (χ1v) is 8.42. The standard InChI is InChI=1S/C16H20BrFN2O/c17-12-5-6-13(14(18)9-12)16(21)20-8-2-3-11(10-20)15-4-1-7-19-15/h5-6,9,11,15,19H,1-4,7-8,10H2. The highest BCUT2D eigenvalue weighted by molar-refractivity contribution is 9.10. The van der Waals surface area contributed by atoms with Gasteiger partial charge in [0.15, 0.2) is 0 Å². The zero-order valence-corrected chi connectivity index (χ0v) is 13.5. The third-order valence-electron chi connectivity index (χ3n) is 4.57. The smallest absolute Gasteiger partial charge is 0.256 e. The van der Waals surface area contributed by atoms with Crippen LogP contribution in [-0.2, 0) is 0 Å². The lowest BCUT2D eigenvalue weighted by molar-refractivity contribution is 0.0646. The van der Waals surface area contributed by atoms with Gasteiger partial charge in [-0.25, -0.2) is 4.39 Å². The number of amides is 1. The predicted octanol–water partition coefficient (Wildman–Crippen LogP) is 3.19. The largest absolute Gasteiger partial charge is 0.338 e. The maximum absolute atomic E-state index is 14.0. The van der Waals surface area contributed by atoms with Crippen molar-refractivity contribution >= 4 is 21.8 Å². The molecule has 1 aromatic carbocycles. The minimum absolute atomic E-state index is 0.178. The molecule has 0 spiro atoms. The van der Waals surface area contributed by atoms with Crippen LogP contribution in [0.3, 0.4) is 0 Å². The fraction of sp³-hybridized carbons (Fsp3) is 0.562. The number of nitrogens with one attached hydrogen (secondary N) is 1. The molecule has 5 heteroatoms. The first-order chi connectivity index (χ1) is 10.1. The molecule has 2 aliphatic rings. The summed E-state index contributed by atoms with van der Waals surface area (Å²) < 4.78 is 14.6. The Hall–Kier alpha value is -0.940. The van der Waals surface area contributed by atoms with Gasteiger partial charge in [-0.3, -0.25) is 4.79 Å². The van der Waals surface area contributed by atoms with Crippen LogP contribution in [0, 0.1) is 11.7 Å². The minimum Gasteiger partial charge on any atom is -0.338 e. The molecule has 0 radical (unpaired) electrons. The van der Waals surface area contributed by atoms with Crippen LogP contribution in [0.2, 0.25) is 0 Å². The van der Waals surface area contributed by atoms with Gasteiger partial charge in [-0.2, -0.15) is 0 Å². The first kappa shape index (κ1) is 15.0. The molecule has 0 aliphatic carbocycles. The molecule has 0 aromatic heterocycles. The van der Waals surface area contributed by atoms with E-state index in [9.17, 15) is 9.18 Å². The van der Waals surface area contributed by atoms with Crippen molar-refractivity contribution < 1.29 is 9.18 Å². The number of benzene rings is 1. The number of halogens is 2. The molecule has 2 unspecified atom stereocenters. The zero-order chi connectivity index (χ0) is 14.8. The lowest BCUT2D eigenvalue weighted by atomic mass is 9.89. The van der Waals surface area contributed by atoms with E-state index in [4.69, 9.17) is 0 Å². The van der Waals surface area contributed by atoms with Crippen LogP contribution >= 0.6 is 15.9 Å². The highest BCUT2D eigenvalue weighted by Crippen LogP contribution is 2.26. The van der Waals surface area contributed by atoms with Crippen molar-refractivity contribution in [2.24, 2.45) is 5.92 Å². The van der Waals surface area contributed by atoms with Gasteiger partial charge >= 0.3 is 0 Å². The van der Waals surface area contributed by atoms with Gasteiger partial charge in [-0.15, -0.1) is 0 Å². The summed E-state index contributed by atoms with van der Waals surface area (Å²) in [4.78, 5) is 14.4. The molecule has 3 nitrogen and oxygen atoms in total. The molecule has 1 amide bonds. The molecule has 114 valence electrons. The van der Waals surface area contributed by atoms with Gasteiger partial charge < -0.3 is 10.2 Å².